The highest BCUT2D eigenvalue weighted by molar-refractivity contribution is 7.98. The number of H-pyrrole nitrogens is 1. The van der Waals surface area contributed by atoms with Crippen LogP contribution < -0.4 is 15.0 Å². The van der Waals surface area contributed by atoms with Gasteiger partial charge in [-0.25, -0.2) is 4.98 Å². The molecule has 1 N–H and O–H groups in total. The summed E-state index contributed by atoms with van der Waals surface area (Å²) in [6.07, 6.45) is 1.80. The van der Waals surface area contributed by atoms with Gasteiger partial charge in [0.15, 0.2) is 16.7 Å². The van der Waals surface area contributed by atoms with Crippen molar-refractivity contribution < 1.29 is 9.47 Å². The molecule has 1 heterocycles. The molecule has 2 rings (SSSR count). The monoisotopic (exact) mass is 317 g/mol. The standard InChI is InChI=1S/C15H15N3O3S/c1-4-21-12-7-9(5-6-11(12)20-2)13-10(8-16)14(19)18-15(17-13)22-3/h5-7H,4H2,1-3H3,(H,17,18,19). The van der Waals surface area contributed by atoms with Gasteiger partial charge in [-0.2, -0.15) is 5.26 Å². The zero-order valence-corrected chi connectivity index (χ0v) is 13.3. The number of nitriles is 1. The van der Waals surface area contributed by atoms with E-state index in [1.165, 1.54) is 11.8 Å². The van der Waals surface area contributed by atoms with Crippen molar-refractivity contribution in [1.82, 2.24) is 9.97 Å². The van der Waals surface area contributed by atoms with E-state index in [1.54, 1.807) is 31.6 Å². The van der Waals surface area contributed by atoms with Crippen molar-refractivity contribution in [1.29, 1.82) is 5.26 Å². The fourth-order valence-corrected chi connectivity index (χ4v) is 2.33. The molecule has 0 fully saturated rings. The summed E-state index contributed by atoms with van der Waals surface area (Å²) in [4.78, 5) is 18.9. The van der Waals surface area contributed by atoms with Crippen molar-refractivity contribution in [2.45, 2.75) is 12.1 Å². The smallest absolute Gasteiger partial charge is 0.270 e. The molecule has 0 amide bonds. The Bertz CT molecular complexity index is 781. The molecule has 0 atom stereocenters. The lowest BCUT2D eigenvalue weighted by molar-refractivity contribution is 0.311. The SMILES string of the molecule is CCOc1cc(-c2nc(SC)[nH]c(=O)c2C#N)ccc1OC. The maximum atomic E-state index is 12.0. The molecule has 22 heavy (non-hydrogen) atoms. The molecule has 0 aliphatic heterocycles. The van der Waals surface area contributed by atoms with Gasteiger partial charge in [0.2, 0.25) is 0 Å². The van der Waals surface area contributed by atoms with Crippen LogP contribution in [0.25, 0.3) is 11.3 Å². The van der Waals surface area contributed by atoms with Crippen LogP contribution in [0.3, 0.4) is 0 Å². The summed E-state index contributed by atoms with van der Waals surface area (Å²) < 4.78 is 10.8. The molecular formula is C15H15N3O3S. The van der Waals surface area contributed by atoms with Gasteiger partial charge in [0.1, 0.15) is 11.6 Å². The molecule has 6 nitrogen and oxygen atoms in total. The van der Waals surface area contributed by atoms with Crippen molar-refractivity contribution in [2.24, 2.45) is 0 Å². The first-order valence-electron chi connectivity index (χ1n) is 6.54. The minimum Gasteiger partial charge on any atom is -0.493 e. The predicted octanol–water partition coefficient (Wildman–Crippen LogP) is 2.44. The lowest BCUT2D eigenvalue weighted by Gasteiger charge is -2.11. The van der Waals surface area contributed by atoms with Gasteiger partial charge in [0, 0.05) is 5.56 Å². The number of nitrogens with one attached hydrogen (secondary N) is 1. The van der Waals surface area contributed by atoms with Gasteiger partial charge in [-0.15, -0.1) is 0 Å². The van der Waals surface area contributed by atoms with E-state index in [-0.39, 0.29) is 5.56 Å². The topological polar surface area (TPSA) is 88.0 Å². The molecule has 0 aliphatic carbocycles. The summed E-state index contributed by atoms with van der Waals surface area (Å²) in [5, 5.41) is 9.68. The number of benzene rings is 1. The van der Waals surface area contributed by atoms with Gasteiger partial charge in [-0.1, -0.05) is 11.8 Å². The van der Waals surface area contributed by atoms with Crippen LogP contribution in [-0.4, -0.2) is 29.9 Å². The summed E-state index contributed by atoms with van der Waals surface area (Å²) >= 11 is 1.30. The minimum absolute atomic E-state index is 0.0228. The number of aromatic nitrogens is 2. The van der Waals surface area contributed by atoms with Crippen LogP contribution in [-0.2, 0) is 0 Å². The number of hydrogen-bond donors (Lipinski definition) is 1. The second kappa shape index (κ2) is 7.00. The lowest BCUT2D eigenvalue weighted by Crippen LogP contribution is -2.14. The van der Waals surface area contributed by atoms with Crippen molar-refractivity contribution in [2.75, 3.05) is 20.0 Å². The number of methoxy groups -OCH3 is 1. The highest BCUT2D eigenvalue weighted by Gasteiger charge is 2.15. The zero-order valence-electron chi connectivity index (χ0n) is 12.5. The predicted molar refractivity (Wildman–Crippen MR) is 84.5 cm³/mol. The Morgan fingerprint density at radius 1 is 1.41 bits per heavy atom. The Labute approximate surface area is 132 Å². The average molecular weight is 317 g/mol. The highest BCUT2D eigenvalue weighted by Crippen LogP contribution is 2.32. The van der Waals surface area contributed by atoms with Crippen LogP contribution in [0.4, 0.5) is 0 Å². The first kappa shape index (κ1) is 15.9. The molecule has 1 aromatic carbocycles. The first-order valence-corrected chi connectivity index (χ1v) is 7.76. The van der Waals surface area contributed by atoms with E-state index in [1.807, 2.05) is 13.0 Å². The number of ether oxygens (including phenoxy) is 2. The van der Waals surface area contributed by atoms with Crippen molar-refractivity contribution in [3.63, 3.8) is 0 Å². The fraction of sp³-hybridized carbons (Fsp3) is 0.267. The molecule has 2 aromatic rings. The molecule has 0 saturated heterocycles. The Morgan fingerprint density at radius 2 is 2.18 bits per heavy atom. The van der Waals surface area contributed by atoms with Crippen LogP contribution in [0.1, 0.15) is 12.5 Å². The summed E-state index contributed by atoms with van der Waals surface area (Å²) in [6.45, 7) is 2.34. The van der Waals surface area contributed by atoms with E-state index in [9.17, 15) is 10.1 Å². The fourth-order valence-electron chi connectivity index (χ4n) is 1.95. The van der Waals surface area contributed by atoms with E-state index in [2.05, 4.69) is 9.97 Å². The van der Waals surface area contributed by atoms with Gasteiger partial charge >= 0.3 is 0 Å². The number of aromatic amines is 1. The van der Waals surface area contributed by atoms with E-state index in [0.717, 1.165) is 0 Å². The van der Waals surface area contributed by atoms with Crippen LogP contribution in [0.15, 0.2) is 28.2 Å². The second-order valence-electron chi connectivity index (χ2n) is 4.21. The number of hydrogen-bond acceptors (Lipinski definition) is 6. The van der Waals surface area contributed by atoms with E-state index >= 15 is 0 Å². The van der Waals surface area contributed by atoms with E-state index in [4.69, 9.17) is 9.47 Å². The van der Waals surface area contributed by atoms with Gasteiger partial charge in [0.05, 0.1) is 19.4 Å². The largest absolute Gasteiger partial charge is 0.493 e. The summed E-state index contributed by atoms with van der Waals surface area (Å²) in [7, 11) is 1.55. The molecule has 1 aromatic heterocycles. The van der Waals surface area contributed by atoms with Gasteiger partial charge in [0.25, 0.3) is 5.56 Å². The van der Waals surface area contributed by atoms with E-state index < -0.39 is 5.56 Å². The van der Waals surface area contributed by atoms with Crippen LogP contribution in [0.5, 0.6) is 11.5 Å². The number of rotatable bonds is 5. The zero-order chi connectivity index (χ0) is 16.1. The lowest BCUT2D eigenvalue weighted by atomic mass is 10.1. The van der Waals surface area contributed by atoms with Gasteiger partial charge in [-0.3, -0.25) is 4.79 Å². The molecule has 114 valence electrons. The Morgan fingerprint density at radius 3 is 2.77 bits per heavy atom. The van der Waals surface area contributed by atoms with Crippen LogP contribution in [0, 0.1) is 11.3 Å². The molecular weight excluding hydrogens is 302 g/mol. The van der Waals surface area contributed by atoms with Crippen molar-refractivity contribution in [3.05, 3.63) is 34.1 Å². The third-order valence-corrected chi connectivity index (χ3v) is 3.52. The third kappa shape index (κ3) is 3.07. The molecule has 0 unspecified atom stereocenters. The normalized spacial score (nSPS) is 10.1. The van der Waals surface area contributed by atoms with Crippen molar-refractivity contribution in [3.8, 4) is 28.8 Å². The Balaban J connectivity index is 2.66. The van der Waals surface area contributed by atoms with Crippen molar-refractivity contribution >= 4 is 11.8 Å². The molecule has 0 saturated carbocycles. The molecule has 0 radical (unpaired) electrons. The van der Waals surface area contributed by atoms with Gasteiger partial charge in [-0.05, 0) is 31.4 Å². The first-order chi connectivity index (χ1) is 10.6. The van der Waals surface area contributed by atoms with Gasteiger partial charge < -0.3 is 14.5 Å². The number of thioether (sulfide) groups is 1. The third-order valence-electron chi connectivity index (χ3n) is 2.94. The second-order valence-corrected chi connectivity index (χ2v) is 5.00. The number of nitrogens with zero attached hydrogens (tertiary/aromatic N) is 2. The Kier molecular flexibility index (Phi) is 5.07. The summed E-state index contributed by atoms with van der Waals surface area (Å²) in [5.74, 6) is 1.12. The average Bonchev–Trinajstić information content (AvgIpc) is 2.54. The summed E-state index contributed by atoms with van der Waals surface area (Å²) in [6, 6.07) is 7.09. The molecule has 0 spiro atoms. The summed E-state index contributed by atoms with van der Waals surface area (Å²) in [5.41, 5.74) is 0.484. The molecule has 7 heteroatoms. The van der Waals surface area contributed by atoms with Crippen LogP contribution in [0.2, 0.25) is 0 Å². The minimum atomic E-state index is -0.453. The van der Waals surface area contributed by atoms with E-state index in [0.29, 0.717) is 34.5 Å². The maximum absolute atomic E-state index is 12.0. The maximum Gasteiger partial charge on any atom is 0.270 e. The Hall–Kier alpha value is -2.46. The highest BCUT2D eigenvalue weighted by atomic mass is 32.2. The molecule has 0 aliphatic rings. The van der Waals surface area contributed by atoms with Crippen LogP contribution >= 0.6 is 11.8 Å². The quantitative estimate of drug-likeness (QED) is 0.673. The molecule has 0 bridgehead atoms.